The van der Waals surface area contributed by atoms with Crippen molar-refractivity contribution >= 4 is 5.82 Å². The van der Waals surface area contributed by atoms with Crippen LogP contribution in [-0.4, -0.2) is 22.9 Å². The van der Waals surface area contributed by atoms with Gasteiger partial charge >= 0.3 is 0 Å². The summed E-state index contributed by atoms with van der Waals surface area (Å²) in [6.45, 7) is 6.28. The van der Waals surface area contributed by atoms with Gasteiger partial charge in [0.15, 0.2) is 0 Å². The predicted octanol–water partition coefficient (Wildman–Crippen LogP) is 2.62. The Labute approximate surface area is 109 Å². The number of anilines is 1. The zero-order valence-corrected chi connectivity index (χ0v) is 11.6. The lowest BCUT2D eigenvalue weighted by Gasteiger charge is -2.23. The van der Waals surface area contributed by atoms with Gasteiger partial charge in [-0.25, -0.2) is 0 Å². The number of hydrogen-bond donors (Lipinski definition) is 0. The summed E-state index contributed by atoms with van der Waals surface area (Å²) >= 11 is 0. The number of aromatic nitrogens is 2. The Morgan fingerprint density at radius 3 is 2.83 bits per heavy atom. The van der Waals surface area contributed by atoms with E-state index in [1.54, 1.807) is 0 Å². The van der Waals surface area contributed by atoms with Crippen molar-refractivity contribution in [3.63, 3.8) is 0 Å². The monoisotopic (exact) mass is 246 g/mol. The molecule has 98 valence electrons. The zero-order chi connectivity index (χ0) is 13.1. The van der Waals surface area contributed by atoms with Gasteiger partial charge in [0.2, 0.25) is 0 Å². The van der Waals surface area contributed by atoms with E-state index < -0.39 is 0 Å². The van der Waals surface area contributed by atoms with Crippen molar-refractivity contribution in [2.75, 3.05) is 18.0 Å². The first kappa shape index (κ1) is 12.9. The molecule has 2 rings (SSSR count). The summed E-state index contributed by atoms with van der Waals surface area (Å²) in [5, 5.41) is 13.7. The molecule has 1 saturated heterocycles. The molecule has 2 heterocycles. The molecular formula is C14H22N4. The summed E-state index contributed by atoms with van der Waals surface area (Å²) in [5.74, 6) is 1.85. The fraction of sp³-hybridized carbons (Fsp3) is 0.714. The molecule has 0 N–H and O–H groups in total. The average Bonchev–Trinajstić information content (AvgIpc) is 2.55. The van der Waals surface area contributed by atoms with Crippen molar-refractivity contribution < 1.29 is 0 Å². The summed E-state index contributed by atoms with van der Waals surface area (Å²) in [6, 6.07) is 2.30. The highest BCUT2D eigenvalue weighted by molar-refractivity contribution is 5.57. The third-order valence-electron chi connectivity index (χ3n) is 4.03. The van der Waals surface area contributed by atoms with E-state index in [1.165, 1.54) is 25.7 Å². The maximum atomic E-state index is 9.28. The highest BCUT2D eigenvalue weighted by atomic mass is 15.4. The molecule has 1 fully saturated rings. The Balaban J connectivity index is 2.24. The van der Waals surface area contributed by atoms with Crippen molar-refractivity contribution in [2.24, 2.45) is 13.0 Å². The predicted molar refractivity (Wildman–Crippen MR) is 72.5 cm³/mol. The number of nitriles is 1. The number of hydrogen-bond acceptors (Lipinski definition) is 3. The molecule has 0 radical (unpaired) electrons. The molecule has 0 spiro atoms. The fourth-order valence-electron chi connectivity index (χ4n) is 2.93. The Hall–Kier alpha value is -1.50. The lowest BCUT2D eigenvalue weighted by atomic mass is 9.98. The van der Waals surface area contributed by atoms with E-state index in [0.717, 1.165) is 36.1 Å². The van der Waals surface area contributed by atoms with Crippen LogP contribution in [0.4, 0.5) is 5.82 Å². The SMILES string of the molecule is CCC1CCCN(c2c(C#N)c(C)nn2C)CC1. The van der Waals surface area contributed by atoms with Gasteiger partial charge in [-0.05, 0) is 32.1 Å². The van der Waals surface area contributed by atoms with E-state index in [9.17, 15) is 5.26 Å². The van der Waals surface area contributed by atoms with E-state index >= 15 is 0 Å². The third kappa shape index (κ3) is 2.35. The molecule has 1 aromatic rings. The van der Waals surface area contributed by atoms with Gasteiger partial charge in [0.25, 0.3) is 0 Å². The zero-order valence-electron chi connectivity index (χ0n) is 11.6. The Bertz CT molecular complexity index is 455. The van der Waals surface area contributed by atoms with Gasteiger partial charge in [0, 0.05) is 20.1 Å². The first-order valence-corrected chi connectivity index (χ1v) is 6.86. The highest BCUT2D eigenvalue weighted by Crippen LogP contribution is 2.27. The number of aryl methyl sites for hydroxylation is 2. The molecule has 1 aromatic heterocycles. The van der Waals surface area contributed by atoms with Gasteiger partial charge in [0.1, 0.15) is 17.5 Å². The molecule has 1 aliphatic heterocycles. The summed E-state index contributed by atoms with van der Waals surface area (Å²) in [4.78, 5) is 2.34. The summed E-state index contributed by atoms with van der Waals surface area (Å²) in [5.41, 5.74) is 1.58. The normalized spacial score (nSPS) is 20.6. The lowest BCUT2D eigenvalue weighted by Crippen LogP contribution is -2.27. The summed E-state index contributed by atoms with van der Waals surface area (Å²) < 4.78 is 1.86. The molecule has 1 aliphatic rings. The molecule has 4 nitrogen and oxygen atoms in total. The van der Waals surface area contributed by atoms with Crippen LogP contribution in [0.2, 0.25) is 0 Å². The second kappa shape index (κ2) is 5.43. The maximum absolute atomic E-state index is 9.28. The van der Waals surface area contributed by atoms with E-state index in [2.05, 4.69) is 23.0 Å². The quantitative estimate of drug-likeness (QED) is 0.805. The molecule has 1 unspecified atom stereocenters. The van der Waals surface area contributed by atoms with Crippen LogP contribution in [0.5, 0.6) is 0 Å². The minimum atomic E-state index is 0.743. The summed E-state index contributed by atoms with van der Waals surface area (Å²) in [7, 11) is 1.94. The first-order valence-electron chi connectivity index (χ1n) is 6.86. The van der Waals surface area contributed by atoms with Gasteiger partial charge in [-0.15, -0.1) is 0 Å². The topological polar surface area (TPSA) is 44.9 Å². The van der Waals surface area contributed by atoms with Crippen LogP contribution in [0.1, 0.15) is 43.9 Å². The molecule has 0 amide bonds. The molecule has 4 heteroatoms. The molecule has 0 bridgehead atoms. The standard InChI is InChI=1S/C14H22N4/c1-4-12-6-5-8-18(9-7-12)14-13(10-15)11(2)16-17(14)3/h12H,4-9H2,1-3H3. The third-order valence-corrected chi connectivity index (χ3v) is 4.03. The van der Waals surface area contributed by atoms with Crippen molar-refractivity contribution in [3.8, 4) is 6.07 Å². The maximum Gasteiger partial charge on any atom is 0.144 e. The Kier molecular flexibility index (Phi) is 3.90. The Morgan fingerprint density at radius 2 is 2.17 bits per heavy atom. The fourth-order valence-corrected chi connectivity index (χ4v) is 2.93. The lowest BCUT2D eigenvalue weighted by molar-refractivity contribution is 0.459. The van der Waals surface area contributed by atoms with Gasteiger partial charge in [0.05, 0.1) is 5.69 Å². The van der Waals surface area contributed by atoms with Crippen molar-refractivity contribution in [1.29, 1.82) is 5.26 Å². The molecule has 18 heavy (non-hydrogen) atoms. The van der Waals surface area contributed by atoms with Gasteiger partial charge in [-0.1, -0.05) is 13.3 Å². The first-order chi connectivity index (χ1) is 8.67. The summed E-state index contributed by atoms with van der Waals surface area (Å²) in [6.07, 6.45) is 5.02. The smallest absolute Gasteiger partial charge is 0.144 e. The number of nitrogens with zero attached hydrogens (tertiary/aromatic N) is 4. The minimum absolute atomic E-state index is 0.743. The van der Waals surface area contributed by atoms with Crippen LogP contribution in [0.25, 0.3) is 0 Å². The second-order valence-electron chi connectivity index (χ2n) is 5.21. The number of rotatable bonds is 2. The van der Waals surface area contributed by atoms with Crippen LogP contribution in [0.3, 0.4) is 0 Å². The molecular weight excluding hydrogens is 224 g/mol. The van der Waals surface area contributed by atoms with Crippen LogP contribution >= 0.6 is 0 Å². The van der Waals surface area contributed by atoms with E-state index in [0.29, 0.717) is 0 Å². The van der Waals surface area contributed by atoms with Crippen LogP contribution in [0, 0.1) is 24.2 Å². The average molecular weight is 246 g/mol. The van der Waals surface area contributed by atoms with Crippen LogP contribution < -0.4 is 4.90 Å². The highest BCUT2D eigenvalue weighted by Gasteiger charge is 2.22. The van der Waals surface area contributed by atoms with Gasteiger partial charge in [-0.2, -0.15) is 10.4 Å². The molecule has 0 saturated carbocycles. The van der Waals surface area contributed by atoms with Gasteiger partial charge < -0.3 is 4.90 Å². The van der Waals surface area contributed by atoms with Crippen LogP contribution in [0.15, 0.2) is 0 Å². The van der Waals surface area contributed by atoms with E-state index in [-0.39, 0.29) is 0 Å². The minimum Gasteiger partial charge on any atom is -0.356 e. The Morgan fingerprint density at radius 1 is 1.39 bits per heavy atom. The molecule has 1 atom stereocenters. The van der Waals surface area contributed by atoms with Crippen molar-refractivity contribution in [1.82, 2.24) is 9.78 Å². The van der Waals surface area contributed by atoms with E-state index in [1.807, 2.05) is 18.7 Å². The van der Waals surface area contributed by atoms with Crippen molar-refractivity contribution in [2.45, 2.75) is 39.5 Å². The van der Waals surface area contributed by atoms with Gasteiger partial charge in [-0.3, -0.25) is 4.68 Å². The second-order valence-corrected chi connectivity index (χ2v) is 5.21. The molecule has 0 aromatic carbocycles. The molecule has 0 aliphatic carbocycles. The largest absolute Gasteiger partial charge is 0.356 e. The van der Waals surface area contributed by atoms with E-state index in [4.69, 9.17) is 0 Å². The van der Waals surface area contributed by atoms with Crippen LogP contribution in [-0.2, 0) is 7.05 Å². The van der Waals surface area contributed by atoms with Crippen molar-refractivity contribution in [3.05, 3.63) is 11.3 Å².